The van der Waals surface area contributed by atoms with E-state index in [1.807, 2.05) is 0 Å². The Kier molecular flexibility index (Phi) is 3.37. The fraction of sp³-hybridized carbons (Fsp3) is 0.273. The van der Waals surface area contributed by atoms with Crippen LogP contribution >= 0.6 is 22.9 Å². The van der Waals surface area contributed by atoms with Crippen molar-refractivity contribution in [2.24, 2.45) is 0 Å². The van der Waals surface area contributed by atoms with Crippen molar-refractivity contribution in [2.45, 2.75) is 12.5 Å². The maximum Gasteiger partial charge on any atom is 0.308 e. The first kappa shape index (κ1) is 14.9. The number of carbonyl (C=O) groups excluding carboxylic acids is 1. The molecule has 0 saturated heterocycles. The first-order chi connectivity index (χ1) is 10.3. The zero-order valence-corrected chi connectivity index (χ0v) is 12.5. The van der Waals surface area contributed by atoms with E-state index >= 15 is 0 Å². The van der Waals surface area contributed by atoms with Crippen LogP contribution in [0.15, 0.2) is 6.20 Å². The summed E-state index contributed by atoms with van der Waals surface area (Å²) in [5, 5.41) is 0.0420. The average molecular weight is 347 g/mol. The molecule has 0 saturated carbocycles. The average Bonchev–Trinajstić information content (AvgIpc) is 2.79. The van der Waals surface area contributed by atoms with Gasteiger partial charge in [0.25, 0.3) is 5.91 Å². The third-order valence-corrected chi connectivity index (χ3v) is 4.10. The molecule has 0 bridgehead atoms. The predicted octanol–water partition coefficient (Wildman–Crippen LogP) is 1.50. The third-order valence-electron chi connectivity index (χ3n) is 3.04. The molecule has 7 nitrogen and oxygen atoms in total. The van der Waals surface area contributed by atoms with Gasteiger partial charge in [0.2, 0.25) is 0 Å². The van der Waals surface area contributed by atoms with Gasteiger partial charge in [0.1, 0.15) is 10.8 Å². The van der Waals surface area contributed by atoms with Gasteiger partial charge >= 0.3 is 5.92 Å². The standard InChI is InChI=1S/C11H9ClF2N6OS/c12-5-1-17-6(8(15)18-5)9(21)20-2-4-7(11(13,14)3-20)19-10(16)22-4/h1H,2-3H2,(H2,15,18)(H2,16,19). The number of fused-ring (bicyclic) bond motifs is 1. The number of hydrogen-bond acceptors (Lipinski definition) is 7. The van der Waals surface area contributed by atoms with Gasteiger partial charge in [0, 0.05) is 0 Å². The number of thiazole rings is 1. The molecule has 22 heavy (non-hydrogen) atoms. The number of anilines is 2. The molecule has 1 aliphatic rings. The van der Waals surface area contributed by atoms with Crippen LogP contribution in [0.2, 0.25) is 5.15 Å². The van der Waals surface area contributed by atoms with Crippen LogP contribution in [0, 0.1) is 0 Å². The summed E-state index contributed by atoms with van der Waals surface area (Å²) in [5.41, 5.74) is 10.4. The van der Waals surface area contributed by atoms with Gasteiger partial charge in [-0.05, 0) is 0 Å². The normalized spacial score (nSPS) is 16.4. The zero-order chi connectivity index (χ0) is 16.1. The van der Waals surface area contributed by atoms with Crippen molar-refractivity contribution in [3.05, 3.63) is 27.6 Å². The van der Waals surface area contributed by atoms with Crippen LogP contribution in [-0.4, -0.2) is 32.3 Å². The number of halogens is 3. The molecule has 4 N–H and O–H groups in total. The van der Waals surface area contributed by atoms with E-state index in [2.05, 4.69) is 15.0 Å². The minimum Gasteiger partial charge on any atom is -0.382 e. The summed E-state index contributed by atoms with van der Waals surface area (Å²) in [6, 6.07) is 0. The molecule has 116 valence electrons. The first-order valence-electron chi connectivity index (χ1n) is 5.98. The second-order valence-corrected chi connectivity index (χ2v) is 6.12. The lowest BCUT2D eigenvalue weighted by molar-refractivity contribution is -0.0478. The topological polar surface area (TPSA) is 111 Å². The minimum atomic E-state index is -3.29. The Labute approximate surface area is 131 Å². The van der Waals surface area contributed by atoms with Crippen LogP contribution in [-0.2, 0) is 12.5 Å². The Morgan fingerprint density at radius 1 is 1.41 bits per heavy atom. The molecule has 0 unspecified atom stereocenters. The monoisotopic (exact) mass is 346 g/mol. The number of nitrogens with zero attached hydrogens (tertiary/aromatic N) is 4. The summed E-state index contributed by atoms with van der Waals surface area (Å²) in [7, 11) is 0. The maximum absolute atomic E-state index is 14.1. The van der Waals surface area contributed by atoms with Crippen molar-refractivity contribution < 1.29 is 13.6 Å². The van der Waals surface area contributed by atoms with Crippen molar-refractivity contribution in [2.75, 3.05) is 18.0 Å². The smallest absolute Gasteiger partial charge is 0.308 e. The summed E-state index contributed by atoms with van der Waals surface area (Å²) in [5.74, 6) is -4.25. The molecule has 0 aliphatic carbocycles. The molecule has 1 aliphatic heterocycles. The molecule has 2 aromatic rings. The second kappa shape index (κ2) is 4.99. The summed E-state index contributed by atoms with van der Waals surface area (Å²) < 4.78 is 28.2. The van der Waals surface area contributed by atoms with Crippen LogP contribution in [0.25, 0.3) is 0 Å². The number of aromatic nitrogens is 3. The number of carbonyl (C=O) groups is 1. The van der Waals surface area contributed by atoms with Crippen molar-refractivity contribution in [3.8, 4) is 0 Å². The summed E-state index contributed by atoms with van der Waals surface area (Å²) >= 11 is 6.52. The molecule has 1 amide bonds. The Hall–Kier alpha value is -2.07. The highest BCUT2D eigenvalue weighted by molar-refractivity contribution is 7.15. The molecular formula is C11H9ClF2N6OS. The molecule has 0 spiro atoms. The van der Waals surface area contributed by atoms with Gasteiger partial charge in [-0.25, -0.2) is 15.0 Å². The highest BCUT2D eigenvalue weighted by Gasteiger charge is 2.45. The van der Waals surface area contributed by atoms with Crippen LogP contribution in [0.4, 0.5) is 19.7 Å². The van der Waals surface area contributed by atoms with Gasteiger partial charge in [-0.3, -0.25) is 4.79 Å². The summed E-state index contributed by atoms with van der Waals surface area (Å²) in [4.78, 5) is 24.6. The fourth-order valence-electron chi connectivity index (χ4n) is 2.15. The molecule has 0 fully saturated rings. The highest BCUT2D eigenvalue weighted by atomic mass is 35.5. The summed E-state index contributed by atoms with van der Waals surface area (Å²) in [6.07, 6.45) is 1.13. The van der Waals surface area contributed by atoms with Gasteiger partial charge in [0.05, 0.1) is 24.2 Å². The summed E-state index contributed by atoms with van der Waals surface area (Å²) in [6.45, 7) is -0.867. The Morgan fingerprint density at radius 3 is 2.82 bits per heavy atom. The van der Waals surface area contributed by atoms with Crippen LogP contribution < -0.4 is 11.5 Å². The number of nitrogen functional groups attached to an aromatic ring is 2. The fourth-order valence-corrected chi connectivity index (χ4v) is 3.19. The maximum atomic E-state index is 14.1. The van der Waals surface area contributed by atoms with Crippen molar-refractivity contribution in [3.63, 3.8) is 0 Å². The lowest BCUT2D eigenvalue weighted by atomic mass is 10.1. The second-order valence-electron chi connectivity index (χ2n) is 4.62. The number of rotatable bonds is 1. The van der Waals surface area contributed by atoms with Gasteiger partial charge < -0.3 is 16.4 Å². The van der Waals surface area contributed by atoms with Crippen molar-refractivity contribution in [1.82, 2.24) is 19.9 Å². The first-order valence-corrected chi connectivity index (χ1v) is 7.18. The Bertz CT molecular complexity index is 767. The molecule has 0 radical (unpaired) electrons. The third kappa shape index (κ3) is 2.44. The van der Waals surface area contributed by atoms with E-state index in [-0.39, 0.29) is 38.9 Å². The highest BCUT2D eigenvalue weighted by Crippen LogP contribution is 2.40. The van der Waals surface area contributed by atoms with E-state index < -0.39 is 18.4 Å². The van der Waals surface area contributed by atoms with E-state index in [9.17, 15) is 13.6 Å². The number of nitrogens with two attached hydrogens (primary N) is 2. The number of amides is 1. The van der Waals surface area contributed by atoms with Crippen LogP contribution in [0.1, 0.15) is 21.1 Å². The van der Waals surface area contributed by atoms with Gasteiger partial charge in [-0.1, -0.05) is 22.9 Å². The number of hydrogen-bond donors (Lipinski definition) is 2. The van der Waals surface area contributed by atoms with Gasteiger partial charge in [0.15, 0.2) is 16.6 Å². The lowest BCUT2D eigenvalue weighted by Gasteiger charge is -2.31. The van der Waals surface area contributed by atoms with E-state index in [4.69, 9.17) is 23.1 Å². The molecular weight excluding hydrogens is 338 g/mol. The lowest BCUT2D eigenvalue weighted by Crippen LogP contribution is -2.44. The minimum absolute atomic E-state index is 0.00976. The molecule has 3 heterocycles. The number of alkyl halides is 2. The largest absolute Gasteiger partial charge is 0.382 e. The van der Waals surface area contributed by atoms with Crippen LogP contribution in [0.3, 0.4) is 0 Å². The SMILES string of the molecule is Nc1nc2c(s1)CN(C(=O)c1ncc(Cl)nc1N)CC2(F)F. The zero-order valence-electron chi connectivity index (χ0n) is 10.9. The van der Waals surface area contributed by atoms with Crippen molar-refractivity contribution in [1.29, 1.82) is 0 Å². The quantitative estimate of drug-likeness (QED) is 0.809. The molecule has 11 heteroatoms. The molecule has 0 atom stereocenters. The molecule has 3 rings (SSSR count). The molecule has 2 aromatic heterocycles. The Morgan fingerprint density at radius 2 is 2.14 bits per heavy atom. The van der Waals surface area contributed by atoms with Gasteiger partial charge in [-0.15, -0.1) is 0 Å². The molecule has 0 aromatic carbocycles. The Balaban J connectivity index is 1.95. The van der Waals surface area contributed by atoms with Crippen molar-refractivity contribution >= 4 is 39.8 Å². The van der Waals surface area contributed by atoms with E-state index in [1.54, 1.807) is 0 Å². The van der Waals surface area contributed by atoms with E-state index in [0.29, 0.717) is 0 Å². The van der Waals surface area contributed by atoms with E-state index in [0.717, 1.165) is 22.4 Å². The van der Waals surface area contributed by atoms with E-state index in [1.165, 1.54) is 0 Å². The van der Waals surface area contributed by atoms with Crippen LogP contribution in [0.5, 0.6) is 0 Å². The predicted molar refractivity (Wildman–Crippen MR) is 76.6 cm³/mol. The van der Waals surface area contributed by atoms with Gasteiger partial charge in [-0.2, -0.15) is 8.78 Å².